The molecular formula is C22H19FN2O. The van der Waals surface area contributed by atoms with Crippen LogP contribution in [0.15, 0.2) is 65.4 Å². The highest BCUT2D eigenvalue weighted by atomic mass is 19.1. The van der Waals surface area contributed by atoms with Crippen LogP contribution in [0.2, 0.25) is 0 Å². The van der Waals surface area contributed by atoms with Gasteiger partial charge < -0.3 is 4.74 Å². The number of nitrogens with zero attached hydrogens (tertiary/aromatic N) is 2. The van der Waals surface area contributed by atoms with Gasteiger partial charge in [0.25, 0.3) is 0 Å². The first kappa shape index (κ1) is 16.5. The quantitative estimate of drug-likeness (QED) is 0.665. The number of rotatable bonds is 3. The van der Waals surface area contributed by atoms with Gasteiger partial charge in [0.15, 0.2) is 0 Å². The highest BCUT2D eigenvalue weighted by Crippen LogP contribution is 2.27. The highest BCUT2D eigenvalue weighted by Gasteiger charge is 2.17. The number of fused-ring (bicyclic) bond motifs is 1. The highest BCUT2D eigenvalue weighted by molar-refractivity contribution is 6.20. The van der Waals surface area contributed by atoms with E-state index in [0.29, 0.717) is 11.3 Å². The van der Waals surface area contributed by atoms with Gasteiger partial charge in [-0.3, -0.25) is 9.98 Å². The summed E-state index contributed by atoms with van der Waals surface area (Å²) in [6, 6.07) is 13.1. The topological polar surface area (TPSA) is 34.5 Å². The molecule has 1 aliphatic rings. The first-order valence-corrected chi connectivity index (χ1v) is 8.68. The molecule has 0 N–H and O–H groups in total. The van der Waals surface area contributed by atoms with Crippen molar-refractivity contribution in [2.75, 3.05) is 13.7 Å². The third-order valence-electron chi connectivity index (χ3n) is 4.64. The van der Waals surface area contributed by atoms with Gasteiger partial charge in [0.2, 0.25) is 0 Å². The van der Waals surface area contributed by atoms with Crippen LogP contribution in [-0.2, 0) is 0 Å². The predicted octanol–water partition coefficient (Wildman–Crippen LogP) is 5.05. The number of ether oxygens (including phenoxy) is 1. The average molecular weight is 346 g/mol. The van der Waals surface area contributed by atoms with Gasteiger partial charge in [0.05, 0.1) is 12.8 Å². The maximum Gasteiger partial charge on any atom is 0.134 e. The van der Waals surface area contributed by atoms with Crippen molar-refractivity contribution in [1.82, 2.24) is 4.98 Å². The van der Waals surface area contributed by atoms with Crippen LogP contribution in [0.3, 0.4) is 0 Å². The van der Waals surface area contributed by atoms with Crippen molar-refractivity contribution in [1.29, 1.82) is 0 Å². The van der Waals surface area contributed by atoms with Crippen molar-refractivity contribution < 1.29 is 9.13 Å². The normalized spacial score (nSPS) is 15.9. The third kappa shape index (κ3) is 3.10. The molecule has 1 aromatic heterocycles. The fraction of sp³-hybridized carbons (Fsp3) is 0.182. The van der Waals surface area contributed by atoms with Crippen LogP contribution in [0.5, 0.6) is 5.75 Å². The largest absolute Gasteiger partial charge is 0.497 e. The molecule has 4 rings (SSSR count). The van der Waals surface area contributed by atoms with E-state index < -0.39 is 0 Å². The minimum atomic E-state index is -0.294. The van der Waals surface area contributed by atoms with Crippen molar-refractivity contribution in [3.8, 4) is 5.75 Å². The summed E-state index contributed by atoms with van der Waals surface area (Å²) in [5.74, 6) is 0.221. The van der Waals surface area contributed by atoms with Crippen LogP contribution in [0.25, 0.3) is 16.8 Å². The molecule has 4 heteroatoms. The van der Waals surface area contributed by atoms with Gasteiger partial charge in [-0.15, -0.1) is 0 Å². The van der Waals surface area contributed by atoms with E-state index in [1.54, 1.807) is 12.1 Å². The zero-order valence-electron chi connectivity index (χ0n) is 14.6. The Morgan fingerprint density at radius 3 is 2.85 bits per heavy atom. The number of pyridine rings is 1. The van der Waals surface area contributed by atoms with Crippen LogP contribution >= 0.6 is 0 Å². The van der Waals surface area contributed by atoms with Crippen LogP contribution in [0, 0.1) is 5.82 Å². The first-order chi connectivity index (χ1) is 12.8. The molecule has 0 saturated carbocycles. The number of aliphatic imine (C=N–C) groups is 1. The summed E-state index contributed by atoms with van der Waals surface area (Å²) in [6.45, 7) is 0.779. The molecule has 3 aromatic rings. The zero-order valence-corrected chi connectivity index (χ0v) is 14.6. The lowest BCUT2D eigenvalue weighted by Crippen LogP contribution is -2.12. The van der Waals surface area contributed by atoms with Crippen molar-refractivity contribution in [2.45, 2.75) is 12.8 Å². The molecule has 0 radical (unpaired) electrons. The molecule has 3 nitrogen and oxygen atoms in total. The molecule has 0 aliphatic carbocycles. The Bertz CT molecular complexity index is 1020. The standard InChI is InChI=1S/C22H19FN2O/c1-26-18-9-8-15(21(23)12-18)11-16-6-4-10-25-22(16)20-14-24-13-17-5-2-3-7-19(17)20/h2-3,5,7-9,11-14H,4,6,10H2,1H3/b16-11+. The Labute approximate surface area is 151 Å². The van der Waals surface area contributed by atoms with Crippen molar-refractivity contribution >= 4 is 22.6 Å². The maximum absolute atomic E-state index is 14.4. The Balaban J connectivity index is 1.81. The summed E-state index contributed by atoms with van der Waals surface area (Å²) in [5.41, 5.74) is 3.50. The zero-order chi connectivity index (χ0) is 17.9. The molecule has 1 aliphatic heterocycles. The fourth-order valence-corrected chi connectivity index (χ4v) is 3.32. The maximum atomic E-state index is 14.4. The van der Waals surface area contributed by atoms with Gasteiger partial charge in [-0.25, -0.2) is 4.39 Å². The Morgan fingerprint density at radius 1 is 1.12 bits per heavy atom. The van der Waals surface area contributed by atoms with Gasteiger partial charge in [-0.2, -0.15) is 0 Å². The van der Waals surface area contributed by atoms with Crippen molar-refractivity contribution in [2.24, 2.45) is 4.99 Å². The molecule has 0 saturated heterocycles. The minimum absolute atomic E-state index is 0.294. The summed E-state index contributed by atoms with van der Waals surface area (Å²) in [6.07, 6.45) is 7.44. The van der Waals surface area contributed by atoms with E-state index in [9.17, 15) is 4.39 Å². The summed E-state index contributed by atoms with van der Waals surface area (Å²) in [5, 5.41) is 2.19. The molecule has 0 atom stereocenters. The van der Waals surface area contributed by atoms with Gasteiger partial charge in [0.1, 0.15) is 11.6 Å². The van der Waals surface area contributed by atoms with Gasteiger partial charge >= 0.3 is 0 Å². The van der Waals surface area contributed by atoms with Crippen LogP contribution < -0.4 is 4.74 Å². The van der Waals surface area contributed by atoms with Crippen LogP contribution in [-0.4, -0.2) is 24.4 Å². The smallest absolute Gasteiger partial charge is 0.134 e. The van der Waals surface area contributed by atoms with Crippen LogP contribution in [0.1, 0.15) is 24.0 Å². The lowest BCUT2D eigenvalue weighted by Gasteiger charge is -2.18. The summed E-state index contributed by atoms with van der Waals surface area (Å²) >= 11 is 0. The average Bonchev–Trinajstić information content (AvgIpc) is 2.69. The van der Waals surface area contributed by atoms with E-state index in [0.717, 1.165) is 47.0 Å². The Hall–Kier alpha value is -3.01. The Morgan fingerprint density at radius 2 is 2.00 bits per heavy atom. The number of hydrogen-bond acceptors (Lipinski definition) is 3. The monoisotopic (exact) mass is 346 g/mol. The van der Waals surface area contributed by atoms with E-state index in [1.807, 2.05) is 36.7 Å². The molecule has 0 fully saturated rings. The van der Waals surface area contributed by atoms with Gasteiger partial charge in [-0.1, -0.05) is 24.3 Å². The van der Waals surface area contributed by atoms with Gasteiger partial charge in [0, 0.05) is 41.5 Å². The summed E-state index contributed by atoms with van der Waals surface area (Å²) in [4.78, 5) is 9.12. The molecule has 0 spiro atoms. The minimum Gasteiger partial charge on any atom is -0.497 e. The number of aromatic nitrogens is 1. The lowest BCUT2D eigenvalue weighted by atomic mass is 9.92. The molecule has 2 aromatic carbocycles. The number of benzene rings is 2. The van der Waals surface area contributed by atoms with Crippen LogP contribution in [0.4, 0.5) is 4.39 Å². The molecule has 0 unspecified atom stereocenters. The number of methoxy groups -OCH3 is 1. The van der Waals surface area contributed by atoms with E-state index in [4.69, 9.17) is 9.73 Å². The summed E-state index contributed by atoms with van der Waals surface area (Å²) < 4.78 is 19.5. The molecular weight excluding hydrogens is 327 g/mol. The molecule has 0 bridgehead atoms. The lowest BCUT2D eigenvalue weighted by molar-refractivity contribution is 0.411. The van der Waals surface area contributed by atoms with Crippen molar-refractivity contribution in [3.63, 3.8) is 0 Å². The Kier molecular flexibility index (Phi) is 4.48. The molecule has 26 heavy (non-hydrogen) atoms. The van der Waals surface area contributed by atoms with E-state index in [2.05, 4.69) is 11.1 Å². The fourth-order valence-electron chi connectivity index (χ4n) is 3.32. The van der Waals surface area contributed by atoms with Gasteiger partial charge in [-0.05, 0) is 42.0 Å². The summed E-state index contributed by atoms with van der Waals surface area (Å²) in [7, 11) is 1.53. The second-order valence-corrected chi connectivity index (χ2v) is 6.30. The van der Waals surface area contributed by atoms with E-state index in [1.165, 1.54) is 13.2 Å². The van der Waals surface area contributed by atoms with E-state index in [-0.39, 0.29) is 5.82 Å². The third-order valence-corrected chi connectivity index (χ3v) is 4.64. The second kappa shape index (κ2) is 7.08. The first-order valence-electron chi connectivity index (χ1n) is 8.68. The SMILES string of the molecule is COc1ccc(/C=C2\CCCN=C2c2cncc3ccccc23)c(F)c1. The number of halogens is 1. The second-order valence-electron chi connectivity index (χ2n) is 6.30. The predicted molar refractivity (Wildman–Crippen MR) is 103 cm³/mol. The molecule has 2 heterocycles. The molecule has 0 amide bonds. The number of hydrogen-bond donors (Lipinski definition) is 0. The van der Waals surface area contributed by atoms with Crippen molar-refractivity contribution in [3.05, 3.63) is 77.4 Å². The number of allylic oxidation sites excluding steroid dienone is 1. The van der Waals surface area contributed by atoms with E-state index >= 15 is 0 Å². The molecule has 130 valence electrons.